The molecule has 0 saturated carbocycles. The van der Waals surface area contributed by atoms with E-state index < -0.39 is 17.7 Å². The molecule has 0 heterocycles. The van der Waals surface area contributed by atoms with Crippen molar-refractivity contribution < 1.29 is 19.1 Å². The van der Waals surface area contributed by atoms with Gasteiger partial charge >= 0.3 is 12.0 Å². The highest BCUT2D eigenvalue weighted by molar-refractivity contribution is 5.90. The molecule has 3 N–H and O–H groups in total. The zero-order chi connectivity index (χ0) is 20.5. The Morgan fingerprint density at radius 2 is 1.89 bits per heavy atom. The predicted octanol–water partition coefficient (Wildman–Crippen LogP) is 5.38. The van der Waals surface area contributed by atoms with Crippen LogP contribution in [0.15, 0.2) is 42.5 Å². The van der Waals surface area contributed by atoms with Gasteiger partial charge in [0.25, 0.3) is 0 Å². The summed E-state index contributed by atoms with van der Waals surface area (Å²) in [6, 6.07) is 11.0. The summed E-state index contributed by atoms with van der Waals surface area (Å²) in [7, 11) is 0. The van der Waals surface area contributed by atoms with Crippen molar-refractivity contribution in [2.75, 3.05) is 11.9 Å². The van der Waals surface area contributed by atoms with Gasteiger partial charge in [-0.25, -0.2) is 9.18 Å². The van der Waals surface area contributed by atoms with Crippen molar-refractivity contribution in [3.63, 3.8) is 0 Å². The number of hydrogen-bond acceptors (Lipinski definition) is 2. The smallest absolute Gasteiger partial charge is 0.319 e. The molecule has 0 aliphatic rings. The fourth-order valence-corrected chi connectivity index (χ4v) is 2.87. The molecule has 0 fully saturated rings. The van der Waals surface area contributed by atoms with E-state index in [2.05, 4.69) is 17.6 Å². The fourth-order valence-electron chi connectivity index (χ4n) is 2.87. The van der Waals surface area contributed by atoms with E-state index in [-0.39, 0.29) is 6.03 Å². The van der Waals surface area contributed by atoms with Gasteiger partial charge in [0, 0.05) is 17.8 Å². The Bertz CT molecular complexity index is 823. The highest BCUT2D eigenvalue weighted by atomic mass is 19.1. The van der Waals surface area contributed by atoms with Gasteiger partial charge < -0.3 is 15.7 Å². The zero-order valence-electron chi connectivity index (χ0n) is 16.3. The number of unbranched alkanes of at least 4 members (excludes halogenated alkanes) is 3. The maximum Gasteiger partial charge on any atom is 0.319 e. The molecule has 2 rings (SSSR count). The number of hydrogen-bond donors (Lipinski definition) is 3. The van der Waals surface area contributed by atoms with Crippen LogP contribution in [0.25, 0.3) is 11.1 Å². The molecule has 5 nitrogen and oxygen atoms in total. The minimum atomic E-state index is -1.00. The van der Waals surface area contributed by atoms with Crippen molar-refractivity contribution in [2.24, 2.45) is 0 Å². The molecular weight excluding hydrogens is 359 g/mol. The Balaban J connectivity index is 2.04. The molecule has 0 aliphatic carbocycles. The fraction of sp³-hybridized carbons (Fsp3) is 0.364. The van der Waals surface area contributed by atoms with Crippen LogP contribution in [0, 0.1) is 5.82 Å². The van der Waals surface area contributed by atoms with Gasteiger partial charge in [-0.1, -0.05) is 50.5 Å². The number of nitrogens with one attached hydrogen (secondary N) is 2. The maximum absolute atomic E-state index is 14.5. The lowest BCUT2D eigenvalue weighted by Crippen LogP contribution is -2.29. The van der Waals surface area contributed by atoms with E-state index in [1.54, 1.807) is 36.4 Å². The Morgan fingerprint density at radius 1 is 1.11 bits per heavy atom. The van der Waals surface area contributed by atoms with Crippen LogP contribution in [0.3, 0.4) is 0 Å². The Kier molecular flexibility index (Phi) is 7.99. The highest BCUT2D eigenvalue weighted by Gasteiger charge is 2.16. The van der Waals surface area contributed by atoms with Gasteiger partial charge in [0.15, 0.2) is 0 Å². The maximum atomic E-state index is 14.5. The molecule has 0 saturated heterocycles. The second-order valence-electron chi connectivity index (χ2n) is 6.82. The van der Waals surface area contributed by atoms with Crippen LogP contribution in [0.5, 0.6) is 0 Å². The summed E-state index contributed by atoms with van der Waals surface area (Å²) in [5, 5.41) is 14.6. The quantitative estimate of drug-likeness (QED) is 0.506. The van der Waals surface area contributed by atoms with Crippen LogP contribution < -0.4 is 10.6 Å². The number of halogens is 1. The van der Waals surface area contributed by atoms with Crippen molar-refractivity contribution in [1.29, 1.82) is 0 Å². The lowest BCUT2D eigenvalue weighted by molar-refractivity contribution is -0.138. The first-order valence-corrected chi connectivity index (χ1v) is 9.60. The standard InChI is InChI=1S/C22H27FN2O3/c1-3-4-5-6-12-24-22(28)25-18-9-7-8-17(13-18)19-11-10-16(14-20(19)23)15(2)21(26)27/h7-11,13-15H,3-6,12H2,1-2H3,(H,26,27)(H2,24,25,28). The Hall–Kier alpha value is -2.89. The lowest BCUT2D eigenvalue weighted by Gasteiger charge is -2.11. The third-order valence-electron chi connectivity index (χ3n) is 4.61. The van der Waals surface area contributed by atoms with Gasteiger partial charge in [-0.2, -0.15) is 0 Å². The zero-order valence-corrected chi connectivity index (χ0v) is 16.3. The predicted molar refractivity (Wildman–Crippen MR) is 109 cm³/mol. The normalized spacial score (nSPS) is 11.7. The average Bonchev–Trinajstić information content (AvgIpc) is 2.67. The SMILES string of the molecule is CCCCCCNC(=O)Nc1cccc(-c2ccc(C(C)C(=O)O)cc2F)c1. The number of aliphatic carboxylic acids is 1. The molecule has 0 spiro atoms. The number of benzene rings is 2. The summed E-state index contributed by atoms with van der Waals surface area (Å²) < 4.78 is 14.5. The molecule has 2 aromatic rings. The monoisotopic (exact) mass is 386 g/mol. The number of carbonyl (C=O) groups is 2. The van der Waals surface area contributed by atoms with E-state index >= 15 is 0 Å². The van der Waals surface area contributed by atoms with E-state index in [1.165, 1.54) is 13.0 Å². The number of carbonyl (C=O) groups excluding carboxylic acids is 1. The van der Waals surface area contributed by atoms with Crippen LogP contribution in [-0.2, 0) is 4.79 Å². The number of carboxylic acids is 1. The minimum absolute atomic E-state index is 0.292. The van der Waals surface area contributed by atoms with Gasteiger partial charge in [-0.15, -0.1) is 0 Å². The molecular formula is C22H27FN2O3. The first kappa shape index (κ1) is 21.4. The van der Waals surface area contributed by atoms with E-state index in [0.717, 1.165) is 25.7 Å². The van der Waals surface area contributed by atoms with Crippen LogP contribution in [0.4, 0.5) is 14.9 Å². The molecule has 6 heteroatoms. The van der Waals surface area contributed by atoms with Crippen molar-refractivity contribution in [3.05, 3.63) is 53.8 Å². The molecule has 1 unspecified atom stereocenters. The summed E-state index contributed by atoms with van der Waals surface area (Å²) in [6.45, 7) is 4.27. The van der Waals surface area contributed by atoms with Crippen LogP contribution in [0.1, 0.15) is 51.0 Å². The molecule has 2 aromatic carbocycles. The second-order valence-corrected chi connectivity index (χ2v) is 6.82. The highest BCUT2D eigenvalue weighted by Crippen LogP contribution is 2.28. The molecule has 2 amide bonds. The second kappa shape index (κ2) is 10.4. The first-order valence-electron chi connectivity index (χ1n) is 9.60. The Labute approximate surface area is 165 Å². The average molecular weight is 386 g/mol. The number of amides is 2. The van der Waals surface area contributed by atoms with Crippen molar-refractivity contribution >= 4 is 17.7 Å². The number of anilines is 1. The van der Waals surface area contributed by atoms with E-state index in [0.29, 0.717) is 28.9 Å². The Morgan fingerprint density at radius 3 is 2.57 bits per heavy atom. The third-order valence-corrected chi connectivity index (χ3v) is 4.61. The van der Waals surface area contributed by atoms with E-state index in [1.807, 2.05) is 0 Å². The van der Waals surface area contributed by atoms with E-state index in [4.69, 9.17) is 5.11 Å². The summed E-state index contributed by atoms with van der Waals surface area (Å²) in [5.74, 6) is -2.28. The van der Waals surface area contributed by atoms with Crippen LogP contribution in [0.2, 0.25) is 0 Å². The van der Waals surface area contributed by atoms with Gasteiger partial charge in [0.1, 0.15) is 5.82 Å². The van der Waals surface area contributed by atoms with Crippen LogP contribution >= 0.6 is 0 Å². The minimum Gasteiger partial charge on any atom is -0.481 e. The van der Waals surface area contributed by atoms with Crippen molar-refractivity contribution in [3.8, 4) is 11.1 Å². The molecule has 0 aromatic heterocycles. The number of carboxylic acid groups (broad SMARTS) is 1. The molecule has 0 bridgehead atoms. The first-order chi connectivity index (χ1) is 13.4. The molecule has 0 aliphatic heterocycles. The summed E-state index contributed by atoms with van der Waals surface area (Å²) in [5.41, 5.74) is 1.93. The topological polar surface area (TPSA) is 78.4 Å². The third kappa shape index (κ3) is 6.08. The summed E-state index contributed by atoms with van der Waals surface area (Å²) in [4.78, 5) is 23.1. The van der Waals surface area contributed by atoms with Gasteiger partial charge in [0.05, 0.1) is 5.92 Å². The van der Waals surface area contributed by atoms with Crippen molar-refractivity contribution in [1.82, 2.24) is 5.32 Å². The molecule has 0 radical (unpaired) electrons. The number of urea groups is 1. The van der Waals surface area contributed by atoms with Gasteiger partial charge in [-0.3, -0.25) is 4.79 Å². The molecule has 150 valence electrons. The summed E-state index contributed by atoms with van der Waals surface area (Å²) >= 11 is 0. The molecule has 28 heavy (non-hydrogen) atoms. The largest absolute Gasteiger partial charge is 0.481 e. The van der Waals surface area contributed by atoms with Gasteiger partial charge in [0.2, 0.25) is 0 Å². The van der Waals surface area contributed by atoms with E-state index in [9.17, 15) is 14.0 Å². The summed E-state index contributed by atoms with van der Waals surface area (Å²) in [6.07, 6.45) is 4.32. The molecule has 1 atom stereocenters. The van der Waals surface area contributed by atoms with Crippen LogP contribution in [-0.4, -0.2) is 23.7 Å². The number of rotatable bonds is 9. The lowest BCUT2D eigenvalue weighted by atomic mass is 9.97. The van der Waals surface area contributed by atoms with Gasteiger partial charge in [-0.05, 0) is 42.7 Å². The van der Waals surface area contributed by atoms with Crippen molar-refractivity contribution in [2.45, 2.75) is 45.4 Å².